The summed E-state index contributed by atoms with van der Waals surface area (Å²) in [5.74, 6) is -0.346. The van der Waals surface area contributed by atoms with E-state index in [1.54, 1.807) is 0 Å². The fourth-order valence-electron chi connectivity index (χ4n) is 1.10. The highest BCUT2D eigenvalue weighted by Gasteiger charge is 2.03. The van der Waals surface area contributed by atoms with Crippen LogP contribution in [0.1, 0.15) is 12.0 Å². The van der Waals surface area contributed by atoms with E-state index in [1.165, 1.54) is 0 Å². The summed E-state index contributed by atoms with van der Waals surface area (Å²) in [5.41, 5.74) is 5.85. The zero-order valence-corrected chi connectivity index (χ0v) is 8.92. The molecule has 1 aromatic carbocycles. The molecule has 3 amide bonds. The molecule has 4 nitrogen and oxygen atoms in total. The summed E-state index contributed by atoms with van der Waals surface area (Å²) in [5, 5.41) is 2.01. The minimum atomic E-state index is -0.803. The Labute approximate surface area is 94.3 Å². The first-order chi connectivity index (χ1) is 6.68. The minimum absolute atomic E-state index is 0. The number of hydrogen-bond acceptors (Lipinski definition) is 2. The topological polar surface area (TPSA) is 72.2 Å². The third-order valence-corrected chi connectivity index (χ3v) is 1.75. The van der Waals surface area contributed by atoms with E-state index >= 15 is 0 Å². The molecule has 0 aliphatic heterocycles. The molecule has 0 aliphatic rings. The van der Waals surface area contributed by atoms with E-state index in [4.69, 9.17) is 5.73 Å². The molecule has 0 atom stereocenters. The molecule has 0 aliphatic carbocycles. The summed E-state index contributed by atoms with van der Waals surface area (Å²) in [7, 11) is 0. The lowest BCUT2D eigenvalue weighted by Gasteiger charge is -2.00. The van der Waals surface area contributed by atoms with Gasteiger partial charge in [0, 0.05) is 6.42 Å². The summed E-state index contributed by atoms with van der Waals surface area (Å²) in [4.78, 5) is 21.3. The number of primary amides is 1. The van der Waals surface area contributed by atoms with Crippen LogP contribution in [0, 0.1) is 0 Å². The fourth-order valence-corrected chi connectivity index (χ4v) is 1.10. The van der Waals surface area contributed by atoms with Crippen LogP contribution in [0.3, 0.4) is 0 Å². The van der Waals surface area contributed by atoms with Gasteiger partial charge in [-0.3, -0.25) is 10.1 Å². The lowest BCUT2D eigenvalue weighted by molar-refractivity contribution is -0.119. The molecule has 1 aromatic rings. The molecule has 0 aromatic heterocycles. The van der Waals surface area contributed by atoms with Crippen molar-refractivity contribution in [1.29, 1.82) is 0 Å². The van der Waals surface area contributed by atoms with Gasteiger partial charge in [0.2, 0.25) is 5.91 Å². The lowest BCUT2D eigenvalue weighted by Crippen LogP contribution is -2.35. The summed E-state index contributed by atoms with van der Waals surface area (Å²) < 4.78 is 0. The van der Waals surface area contributed by atoms with Crippen molar-refractivity contribution in [3.63, 3.8) is 0 Å². The smallest absolute Gasteiger partial charge is 0.318 e. The lowest BCUT2D eigenvalue weighted by atomic mass is 10.1. The SMILES string of the molecule is Cl.NC(=O)NC(=O)CCc1ccccc1. The van der Waals surface area contributed by atoms with E-state index in [0.29, 0.717) is 6.42 Å². The highest BCUT2D eigenvalue weighted by Crippen LogP contribution is 2.01. The molecule has 0 heterocycles. The second-order valence-electron chi connectivity index (χ2n) is 2.90. The summed E-state index contributed by atoms with van der Waals surface area (Å²) in [6.45, 7) is 0. The number of nitrogens with two attached hydrogens (primary N) is 1. The van der Waals surface area contributed by atoms with Crippen LogP contribution >= 0.6 is 12.4 Å². The average Bonchev–Trinajstić information content (AvgIpc) is 2.15. The van der Waals surface area contributed by atoms with Gasteiger partial charge in [0.15, 0.2) is 0 Å². The number of rotatable bonds is 3. The van der Waals surface area contributed by atoms with Crippen LogP contribution in [0.4, 0.5) is 4.79 Å². The quantitative estimate of drug-likeness (QED) is 0.817. The number of urea groups is 1. The third kappa shape index (κ3) is 5.70. The molecule has 5 heteroatoms. The van der Waals surface area contributed by atoms with Gasteiger partial charge in [0.05, 0.1) is 0 Å². The largest absolute Gasteiger partial charge is 0.351 e. The van der Waals surface area contributed by atoms with Crippen LogP contribution in [0.25, 0.3) is 0 Å². The maximum absolute atomic E-state index is 11.0. The third-order valence-electron chi connectivity index (χ3n) is 1.75. The minimum Gasteiger partial charge on any atom is -0.351 e. The van der Waals surface area contributed by atoms with Crippen molar-refractivity contribution in [2.24, 2.45) is 5.73 Å². The van der Waals surface area contributed by atoms with Crippen molar-refractivity contribution in [2.75, 3.05) is 0 Å². The van der Waals surface area contributed by atoms with Gasteiger partial charge < -0.3 is 5.73 Å². The first-order valence-electron chi connectivity index (χ1n) is 4.31. The average molecular weight is 229 g/mol. The van der Waals surface area contributed by atoms with E-state index < -0.39 is 6.03 Å². The molecule has 0 saturated heterocycles. The molecule has 0 unspecified atom stereocenters. The van der Waals surface area contributed by atoms with Crippen molar-refractivity contribution < 1.29 is 9.59 Å². The van der Waals surface area contributed by atoms with Gasteiger partial charge in [-0.1, -0.05) is 30.3 Å². The van der Waals surface area contributed by atoms with Crippen LogP contribution in [0.15, 0.2) is 30.3 Å². The molecular formula is C10H13ClN2O2. The molecule has 1 rings (SSSR count). The van der Waals surface area contributed by atoms with E-state index in [2.05, 4.69) is 0 Å². The van der Waals surface area contributed by atoms with Gasteiger partial charge in [-0.25, -0.2) is 4.79 Å². The van der Waals surface area contributed by atoms with Crippen LogP contribution in [-0.2, 0) is 11.2 Å². The van der Waals surface area contributed by atoms with Crippen molar-refractivity contribution in [3.8, 4) is 0 Å². The van der Waals surface area contributed by atoms with Crippen LogP contribution in [0.5, 0.6) is 0 Å². The zero-order chi connectivity index (χ0) is 10.4. The van der Waals surface area contributed by atoms with Crippen molar-refractivity contribution in [3.05, 3.63) is 35.9 Å². The summed E-state index contributed by atoms with van der Waals surface area (Å²) in [6.07, 6.45) is 0.882. The highest BCUT2D eigenvalue weighted by atomic mass is 35.5. The van der Waals surface area contributed by atoms with E-state index in [0.717, 1.165) is 5.56 Å². The van der Waals surface area contributed by atoms with Crippen molar-refractivity contribution >= 4 is 24.3 Å². The zero-order valence-electron chi connectivity index (χ0n) is 8.10. The summed E-state index contributed by atoms with van der Waals surface area (Å²) in [6, 6.07) is 8.77. The molecule has 0 saturated carbocycles. The predicted molar refractivity (Wildman–Crippen MR) is 59.7 cm³/mol. The Morgan fingerprint density at radius 3 is 2.33 bits per heavy atom. The van der Waals surface area contributed by atoms with Gasteiger partial charge >= 0.3 is 6.03 Å². The van der Waals surface area contributed by atoms with Crippen molar-refractivity contribution in [2.45, 2.75) is 12.8 Å². The number of aryl methyl sites for hydroxylation is 1. The Kier molecular flexibility index (Phi) is 6.13. The monoisotopic (exact) mass is 228 g/mol. The molecule has 15 heavy (non-hydrogen) atoms. The van der Waals surface area contributed by atoms with Gasteiger partial charge in [0.1, 0.15) is 0 Å². The van der Waals surface area contributed by atoms with Gasteiger partial charge in [-0.15, -0.1) is 12.4 Å². The van der Waals surface area contributed by atoms with Gasteiger partial charge in [0.25, 0.3) is 0 Å². The van der Waals surface area contributed by atoms with E-state index in [1.807, 2.05) is 35.6 Å². The number of benzene rings is 1. The number of nitrogens with one attached hydrogen (secondary N) is 1. The molecule has 82 valence electrons. The van der Waals surface area contributed by atoms with E-state index in [9.17, 15) is 9.59 Å². The standard InChI is InChI=1S/C10H12N2O2.ClH/c11-10(14)12-9(13)7-6-8-4-2-1-3-5-8;/h1-5H,6-7H2,(H3,11,12,13,14);1H. The van der Waals surface area contributed by atoms with Gasteiger partial charge in [-0.05, 0) is 12.0 Å². The number of carbonyl (C=O) groups excluding carboxylic acids is 2. The van der Waals surface area contributed by atoms with E-state index in [-0.39, 0.29) is 24.7 Å². The highest BCUT2D eigenvalue weighted by molar-refractivity contribution is 5.93. The molecule has 3 N–H and O–H groups in total. The number of carbonyl (C=O) groups is 2. The predicted octanol–water partition coefficient (Wildman–Crippen LogP) is 1.24. The molecule has 0 fully saturated rings. The Balaban J connectivity index is 0.00000196. The Bertz CT molecular complexity index is 327. The van der Waals surface area contributed by atoms with Crippen molar-refractivity contribution in [1.82, 2.24) is 5.32 Å². The molecular weight excluding hydrogens is 216 g/mol. The number of hydrogen-bond donors (Lipinski definition) is 2. The number of imide groups is 1. The Hall–Kier alpha value is -1.55. The Morgan fingerprint density at radius 2 is 1.80 bits per heavy atom. The second kappa shape index (κ2) is 6.84. The first kappa shape index (κ1) is 13.4. The molecule has 0 bridgehead atoms. The normalized spacial score (nSPS) is 8.80. The number of halogens is 1. The van der Waals surface area contributed by atoms with Crippen LogP contribution < -0.4 is 11.1 Å². The maximum atomic E-state index is 11.0. The molecule has 0 radical (unpaired) electrons. The van der Waals surface area contributed by atoms with Gasteiger partial charge in [-0.2, -0.15) is 0 Å². The summed E-state index contributed by atoms with van der Waals surface area (Å²) >= 11 is 0. The first-order valence-corrected chi connectivity index (χ1v) is 4.31. The second-order valence-corrected chi connectivity index (χ2v) is 2.90. The van der Waals surface area contributed by atoms with Crippen LogP contribution in [-0.4, -0.2) is 11.9 Å². The number of amides is 3. The maximum Gasteiger partial charge on any atom is 0.318 e. The van der Waals surface area contributed by atoms with Crippen LogP contribution in [0.2, 0.25) is 0 Å². The molecule has 0 spiro atoms. The Morgan fingerprint density at radius 1 is 1.20 bits per heavy atom. The fraction of sp³-hybridized carbons (Fsp3) is 0.200.